The number of hydrogen-bond acceptors (Lipinski definition) is 3. The van der Waals surface area contributed by atoms with E-state index in [1.54, 1.807) is 24.4 Å². The van der Waals surface area contributed by atoms with Gasteiger partial charge >= 0.3 is 0 Å². The lowest BCUT2D eigenvalue weighted by Gasteiger charge is -2.26. The summed E-state index contributed by atoms with van der Waals surface area (Å²) in [6.07, 6.45) is 4.97. The molecule has 1 saturated heterocycles. The molecule has 1 fully saturated rings. The summed E-state index contributed by atoms with van der Waals surface area (Å²) in [6, 6.07) is 12.7. The molecule has 5 heteroatoms. The number of amides is 2. The van der Waals surface area contributed by atoms with Crippen LogP contribution in [0.5, 0.6) is 0 Å². The Labute approximate surface area is 141 Å². The van der Waals surface area contributed by atoms with E-state index in [1.807, 2.05) is 29.2 Å². The second-order valence-electron chi connectivity index (χ2n) is 5.95. The van der Waals surface area contributed by atoms with Crippen molar-refractivity contribution in [2.24, 2.45) is 0 Å². The average molecular weight is 323 g/mol. The van der Waals surface area contributed by atoms with Gasteiger partial charge in [0, 0.05) is 31.4 Å². The summed E-state index contributed by atoms with van der Waals surface area (Å²) < 4.78 is 0. The van der Waals surface area contributed by atoms with Gasteiger partial charge in [0.1, 0.15) is 5.69 Å². The van der Waals surface area contributed by atoms with Gasteiger partial charge in [-0.15, -0.1) is 0 Å². The number of aromatic nitrogens is 1. The maximum Gasteiger partial charge on any atom is 0.270 e. The second-order valence-corrected chi connectivity index (χ2v) is 5.95. The van der Waals surface area contributed by atoms with E-state index in [4.69, 9.17) is 0 Å². The van der Waals surface area contributed by atoms with Crippen molar-refractivity contribution in [3.8, 4) is 0 Å². The van der Waals surface area contributed by atoms with Crippen molar-refractivity contribution in [1.29, 1.82) is 0 Å². The molecule has 1 aliphatic rings. The minimum Gasteiger partial charge on any atom is -0.347 e. The van der Waals surface area contributed by atoms with Gasteiger partial charge in [-0.2, -0.15) is 0 Å². The van der Waals surface area contributed by atoms with Crippen LogP contribution in [0.3, 0.4) is 0 Å². The monoisotopic (exact) mass is 323 g/mol. The summed E-state index contributed by atoms with van der Waals surface area (Å²) in [5, 5.41) is 2.83. The quantitative estimate of drug-likeness (QED) is 0.941. The second kappa shape index (κ2) is 7.73. The molecule has 0 spiro atoms. The van der Waals surface area contributed by atoms with Crippen LogP contribution >= 0.6 is 0 Å². The number of carbonyl (C=O) groups is 2. The third kappa shape index (κ3) is 3.98. The van der Waals surface area contributed by atoms with Gasteiger partial charge in [-0.05, 0) is 49.1 Å². The molecule has 24 heavy (non-hydrogen) atoms. The van der Waals surface area contributed by atoms with E-state index in [0.29, 0.717) is 17.8 Å². The third-order valence-corrected chi connectivity index (χ3v) is 4.19. The van der Waals surface area contributed by atoms with Crippen molar-refractivity contribution in [2.45, 2.75) is 25.8 Å². The van der Waals surface area contributed by atoms with Gasteiger partial charge in [0.05, 0.1) is 0 Å². The summed E-state index contributed by atoms with van der Waals surface area (Å²) in [5.41, 5.74) is 2.06. The Morgan fingerprint density at radius 3 is 2.42 bits per heavy atom. The highest BCUT2D eigenvalue weighted by molar-refractivity contribution is 5.94. The van der Waals surface area contributed by atoms with Crippen molar-refractivity contribution >= 4 is 11.8 Å². The first kappa shape index (κ1) is 16.2. The molecule has 0 bridgehead atoms. The summed E-state index contributed by atoms with van der Waals surface area (Å²) in [7, 11) is 0. The molecule has 0 atom stereocenters. The number of nitrogens with zero attached hydrogens (tertiary/aromatic N) is 2. The largest absolute Gasteiger partial charge is 0.347 e. The van der Waals surface area contributed by atoms with Crippen molar-refractivity contribution in [2.75, 3.05) is 13.1 Å². The van der Waals surface area contributed by atoms with Crippen molar-refractivity contribution in [1.82, 2.24) is 15.2 Å². The topological polar surface area (TPSA) is 62.3 Å². The normalized spacial score (nSPS) is 14.2. The van der Waals surface area contributed by atoms with Crippen LogP contribution < -0.4 is 5.32 Å². The lowest BCUT2D eigenvalue weighted by atomic mass is 10.1. The number of pyridine rings is 1. The highest BCUT2D eigenvalue weighted by Crippen LogP contribution is 2.14. The molecule has 1 aliphatic heterocycles. The molecule has 1 aromatic heterocycles. The Morgan fingerprint density at radius 1 is 1.00 bits per heavy atom. The van der Waals surface area contributed by atoms with E-state index >= 15 is 0 Å². The molecule has 2 heterocycles. The number of benzene rings is 1. The predicted molar refractivity (Wildman–Crippen MR) is 91.6 cm³/mol. The first-order valence-corrected chi connectivity index (χ1v) is 8.31. The van der Waals surface area contributed by atoms with Gasteiger partial charge in [0.25, 0.3) is 11.8 Å². The number of carbonyl (C=O) groups excluding carboxylic acids is 2. The Hall–Kier alpha value is -2.69. The lowest BCUT2D eigenvalue weighted by Crippen LogP contribution is -2.35. The lowest BCUT2D eigenvalue weighted by molar-refractivity contribution is 0.0724. The van der Waals surface area contributed by atoms with E-state index < -0.39 is 0 Å². The van der Waals surface area contributed by atoms with Gasteiger partial charge in [0.2, 0.25) is 0 Å². The Kier molecular flexibility index (Phi) is 5.21. The highest BCUT2D eigenvalue weighted by atomic mass is 16.2. The standard InChI is InChI=1S/C19H21N3O2/c23-18(17-6-2-3-11-20-17)21-14-15-7-9-16(10-8-15)19(24)22-12-4-1-5-13-22/h2-3,6-11H,1,4-5,12-14H2,(H,21,23). The zero-order valence-electron chi connectivity index (χ0n) is 13.6. The van der Waals surface area contributed by atoms with Gasteiger partial charge in [-0.3, -0.25) is 14.6 Å². The van der Waals surface area contributed by atoms with Gasteiger partial charge in [-0.25, -0.2) is 0 Å². The molecule has 0 unspecified atom stereocenters. The molecule has 2 amide bonds. The predicted octanol–water partition coefficient (Wildman–Crippen LogP) is 2.64. The zero-order valence-corrected chi connectivity index (χ0v) is 13.6. The molecule has 1 N–H and O–H groups in total. The van der Waals surface area contributed by atoms with Gasteiger partial charge in [0.15, 0.2) is 0 Å². The van der Waals surface area contributed by atoms with Crippen LogP contribution in [0, 0.1) is 0 Å². The number of hydrogen-bond donors (Lipinski definition) is 1. The molecule has 5 nitrogen and oxygen atoms in total. The molecule has 2 aromatic rings. The summed E-state index contributed by atoms with van der Waals surface area (Å²) in [4.78, 5) is 30.3. The van der Waals surface area contributed by atoms with Crippen LogP contribution in [0.25, 0.3) is 0 Å². The molecule has 1 aromatic carbocycles. The van der Waals surface area contributed by atoms with Crippen molar-refractivity contribution in [3.05, 3.63) is 65.5 Å². The van der Waals surface area contributed by atoms with Crippen molar-refractivity contribution in [3.63, 3.8) is 0 Å². The molecular formula is C19H21N3O2. The zero-order chi connectivity index (χ0) is 16.8. The minimum absolute atomic E-state index is 0.0961. The first-order valence-electron chi connectivity index (χ1n) is 8.31. The van der Waals surface area contributed by atoms with E-state index in [-0.39, 0.29) is 11.8 Å². The minimum atomic E-state index is -0.205. The number of piperidine rings is 1. The van der Waals surface area contributed by atoms with E-state index in [9.17, 15) is 9.59 Å². The maximum atomic E-state index is 12.4. The Morgan fingerprint density at radius 2 is 1.75 bits per heavy atom. The Balaban J connectivity index is 1.56. The van der Waals surface area contributed by atoms with Gasteiger partial charge < -0.3 is 10.2 Å². The fraction of sp³-hybridized carbons (Fsp3) is 0.316. The maximum absolute atomic E-state index is 12.4. The van der Waals surface area contributed by atoms with Crippen LogP contribution in [-0.4, -0.2) is 34.8 Å². The molecule has 3 rings (SSSR count). The van der Waals surface area contributed by atoms with Crippen LogP contribution in [-0.2, 0) is 6.54 Å². The molecular weight excluding hydrogens is 302 g/mol. The van der Waals surface area contributed by atoms with Crippen molar-refractivity contribution < 1.29 is 9.59 Å². The number of rotatable bonds is 4. The third-order valence-electron chi connectivity index (χ3n) is 4.19. The smallest absolute Gasteiger partial charge is 0.270 e. The van der Waals surface area contributed by atoms with Crippen LogP contribution in [0.15, 0.2) is 48.7 Å². The van der Waals surface area contributed by atoms with Crippen LogP contribution in [0.4, 0.5) is 0 Å². The molecule has 0 saturated carbocycles. The summed E-state index contributed by atoms with van der Waals surface area (Å²) in [6.45, 7) is 2.11. The van der Waals surface area contributed by atoms with E-state index in [0.717, 1.165) is 31.5 Å². The average Bonchev–Trinajstić information content (AvgIpc) is 2.67. The van der Waals surface area contributed by atoms with E-state index in [1.165, 1.54) is 6.42 Å². The SMILES string of the molecule is O=C(NCc1ccc(C(=O)N2CCCCC2)cc1)c1ccccn1. The fourth-order valence-corrected chi connectivity index (χ4v) is 2.81. The fourth-order valence-electron chi connectivity index (χ4n) is 2.81. The van der Waals surface area contributed by atoms with Crippen LogP contribution in [0.2, 0.25) is 0 Å². The first-order chi connectivity index (χ1) is 11.7. The Bertz CT molecular complexity index is 692. The summed E-state index contributed by atoms with van der Waals surface area (Å²) >= 11 is 0. The highest BCUT2D eigenvalue weighted by Gasteiger charge is 2.17. The molecule has 124 valence electrons. The molecule has 0 radical (unpaired) electrons. The summed E-state index contributed by atoms with van der Waals surface area (Å²) in [5.74, 6) is -0.108. The van der Waals surface area contributed by atoms with Gasteiger partial charge in [-0.1, -0.05) is 18.2 Å². The van der Waals surface area contributed by atoms with E-state index in [2.05, 4.69) is 10.3 Å². The van der Waals surface area contributed by atoms with Crippen LogP contribution in [0.1, 0.15) is 45.7 Å². The number of nitrogens with one attached hydrogen (secondary N) is 1. The molecule has 0 aliphatic carbocycles. The number of likely N-dealkylation sites (tertiary alicyclic amines) is 1.